The zero-order valence-corrected chi connectivity index (χ0v) is 19.2. The number of hydrogen-bond donors (Lipinski definition) is 2. The highest BCUT2D eigenvalue weighted by Crippen LogP contribution is 2.28. The van der Waals surface area contributed by atoms with E-state index in [0.29, 0.717) is 17.1 Å². The van der Waals surface area contributed by atoms with Gasteiger partial charge < -0.3 is 10.6 Å². The van der Waals surface area contributed by atoms with E-state index in [2.05, 4.69) is 20.6 Å². The van der Waals surface area contributed by atoms with Crippen LogP contribution in [0.3, 0.4) is 0 Å². The maximum atomic E-state index is 12.7. The molecule has 0 saturated carbocycles. The van der Waals surface area contributed by atoms with Crippen molar-refractivity contribution in [1.29, 1.82) is 0 Å². The Morgan fingerprint density at radius 1 is 0.971 bits per heavy atom. The van der Waals surface area contributed by atoms with E-state index in [1.165, 1.54) is 0 Å². The van der Waals surface area contributed by atoms with Crippen LogP contribution < -0.4 is 10.6 Å². The number of fused-ring (bicyclic) bond motifs is 1. The monoisotopic (exact) mass is 448 g/mol. The number of benzene rings is 2. The van der Waals surface area contributed by atoms with Crippen LogP contribution in [-0.2, 0) is 0 Å². The normalized spacial score (nSPS) is 10.9. The SMILES string of the molecule is Cc1cccc(C(=O)Nc2ccc(C)c(Nc3nc(-c4cccnc4)cn4c(C)cnc34)c2)c1. The fraction of sp³-hybridized carbons (Fsp3) is 0.111. The molecule has 0 atom stereocenters. The van der Waals surface area contributed by atoms with Crippen LogP contribution in [0, 0.1) is 20.8 Å². The number of aromatic nitrogens is 4. The topological polar surface area (TPSA) is 84.2 Å². The van der Waals surface area contributed by atoms with Crippen molar-refractivity contribution in [3.63, 3.8) is 0 Å². The smallest absolute Gasteiger partial charge is 0.255 e. The van der Waals surface area contributed by atoms with Gasteiger partial charge in [0.1, 0.15) is 0 Å². The van der Waals surface area contributed by atoms with Gasteiger partial charge in [-0.05, 0) is 62.7 Å². The highest BCUT2D eigenvalue weighted by molar-refractivity contribution is 6.04. The first-order chi connectivity index (χ1) is 16.5. The summed E-state index contributed by atoms with van der Waals surface area (Å²) in [5.41, 5.74) is 7.62. The van der Waals surface area contributed by atoms with E-state index < -0.39 is 0 Å². The third kappa shape index (κ3) is 4.23. The summed E-state index contributed by atoms with van der Waals surface area (Å²) in [7, 11) is 0. The summed E-state index contributed by atoms with van der Waals surface area (Å²) in [6.07, 6.45) is 7.31. The molecule has 5 aromatic rings. The van der Waals surface area contributed by atoms with Gasteiger partial charge >= 0.3 is 0 Å². The molecular weight excluding hydrogens is 424 g/mol. The van der Waals surface area contributed by atoms with Crippen LogP contribution in [0.4, 0.5) is 17.2 Å². The second kappa shape index (κ2) is 8.78. The number of aryl methyl sites for hydroxylation is 3. The van der Waals surface area contributed by atoms with E-state index in [0.717, 1.165) is 39.4 Å². The van der Waals surface area contributed by atoms with Gasteiger partial charge in [0.2, 0.25) is 0 Å². The quantitative estimate of drug-likeness (QED) is 0.360. The van der Waals surface area contributed by atoms with Crippen molar-refractivity contribution in [2.45, 2.75) is 20.8 Å². The van der Waals surface area contributed by atoms with Gasteiger partial charge in [0.15, 0.2) is 11.5 Å². The lowest BCUT2D eigenvalue weighted by molar-refractivity contribution is 0.102. The van der Waals surface area contributed by atoms with Gasteiger partial charge in [-0.2, -0.15) is 0 Å². The zero-order chi connectivity index (χ0) is 23.7. The Morgan fingerprint density at radius 3 is 2.65 bits per heavy atom. The Morgan fingerprint density at radius 2 is 1.85 bits per heavy atom. The minimum absolute atomic E-state index is 0.151. The number of nitrogens with one attached hydrogen (secondary N) is 2. The van der Waals surface area contributed by atoms with Crippen molar-refractivity contribution in [2.24, 2.45) is 0 Å². The molecule has 3 heterocycles. The van der Waals surface area contributed by atoms with Crippen molar-refractivity contribution in [3.05, 3.63) is 102 Å². The number of rotatable bonds is 5. The third-order valence-corrected chi connectivity index (χ3v) is 5.66. The fourth-order valence-electron chi connectivity index (χ4n) is 3.79. The number of nitrogens with zero attached hydrogens (tertiary/aromatic N) is 4. The summed E-state index contributed by atoms with van der Waals surface area (Å²) in [4.78, 5) is 26.4. The first kappa shape index (κ1) is 21.3. The molecule has 2 N–H and O–H groups in total. The van der Waals surface area contributed by atoms with Crippen LogP contribution in [0.5, 0.6) is 0 Å². The average Bonchev–Trinajstić information content (AvgIpc) is 3.22. The van der Waals surface area contributed by atoms with Crippen LogP contribution in [0.15, 0.2) is 79.4 Å². The van der Waals surface area contributed by atoms with Crippen molar-refractivity contribution in [1.82, 2.24) is 19.4 Å². The third-order valence-electron chi connectivity index (χ3n) is 5.66. The van der Waals surface area contributed by atoms with Crippen molar-refractivity contribution in [2.75, 3.05) is 10.6 Å². The Balaban J connectivity index is 1.50. The summed E-state index contributed by atoms with van der Waals surface area (Å²) in [5.74, 6) is 0.473. The number of imidazole rings is 1. The molecule has 0 aliphatic carbocycles. The van der Waals surface area contributed by atoms with Crippen molar-refractivity contribution >= 4 is 28.7 Å². The molecule has 7 nitrogen and oxygen atoms in total. The maximum Gasteiger partial charge on any atom is 0.255 e. The minimum atomic E-state index is -0.151. The second-order valence-electron chi connectivity index (χ2n) is 8.29. The molecule has 34 heavy (non-hydrogen) atoms. The number of carbonyl (C=O) groups is 1. The summed E-state index contributed by atoms with van der Waals surface area (Å²) in [6.45, 7) is 5.98. The lowest BCUT2D eigenvalue weighted by atomic mass is 10.1. The molecule has 0 radical (unpaired) electrons. The summed E-state index contributed by atoms with van der Waals surface area (Å²) in [6, 6.07) is 17.2. The van der Waals surface area contributed by atoms with E-state index in [1.54, 1.807) is 18.5 Å². The number of pyridine rings is 1. The molecule has 0 unspecified atom stereocenters. The van der Waals surface area contributed by atoms with E-state index in [1.807, 2.05) is 86.1 Å². The lowest BCUT2D eigenvalue weighted by Gasteiger charge is -2.14. The van der Waals surface area contributed by atoms with Crippen LogP contribution >= 0.6 is 0 Å². The van der Waals surface area contributed by atoms with E-state index in [4.69, 9.17) is 4.98 Å². The van der Waals surface area contributed by atoms with Gasteiger partial charge in [-0.15, -0.1) is 0 Å². The predicted molar refractivity (Wildman–Crippen MR) is 135 cm³/mol. The molecule has 2 aromatic carbocycles. The van der Waals surface area contributed by atoms with Crippen molar-refractivity contribution in [3.8, 4) is 11.3 Å². The minimum Gasteiger partial charge on any atom is -0.337 e. The molecule has 1 amide bonds. The largest absolute Gasteiger partial charge is 0.337 e. The molecule has 5 rings (SSSR count). The van der Waals surface area contributed by atoms with Gasteiger partial charge in [0, 0.05) is 53.0 Å². The molecular formula is C27H24N6O. The lowest BCUT2D eigenvalue weighted by Crippen LogP contribution is -2.12. The molecule has 0 spiro atoms. The van der Waals surface area contributed by atoms with E-state index >= 15 is 0 Å². The number of amides is 1. The van der Waals surface area contributed by atoms with Crippen LogP contribution in [0.1, 0.15) is 27.2 Å². The summed E-state index contributed by atoms with van der Waals surface area (Å²) >= 11 is 0. The predicted octanol–water partition coefficient (Wildman–Crippen LogP) is 5.71. The number of anilines is 3. The van der Waals surface area contributed by atoms with Gasteiger partial charge in [0.25, 0.3) is 5.91 Å². The fourth-order valence-corrected chi connectivity index (χ4v) is 3.79. The Kier molecular flexibility index (Phi) is 5.51. The second-order valence-corrected chi connectivity index (χ2v) is 8.29. The van der Waals surface area contributed by atoms with E-state index in [-0.39, 0.29) is 5.91 Å². The maximum absolute atomic E-state index is 12.7. The Labute approximate surface area is 197 Å². The van der Waals surface area contributed by atoms with Crippen LogP contribution in [-0.4, -0.2) is 25.3 Å². The summed E-state index contributed by atoms with van der Waals surface area (Å²) < 4.78 is 2.01. The van der Waals surface area contributed by atoms with Gasteiger partial charge in [0.05, 0.1) is 5.69 Å². The first-order valence-corrected chi connectivity index (χ1v) is 11.0. The number of carbonyl (C=O) groups excluding carboxylic acids is 1. The standard InChI is InChI=1S/C27H24N6O/c1-17-6-4-7-20(12-17)27(34)30-22-10-9-18(2)23(13-22)31-25-26-29-14-19(3)33(26)16-24(32-25)21-8-5-11-28-15-21/h4-16H,1-3H3,(H,30,34)(H,31,32). The van der Waals surface area contributed by atoms with Crippen molar-refractivity contribution < 1.29 is 4.79 Å². The first-order valence-electron chi connectivity index (χ1n) is 11.0. The average molecular weight is 449 g/mol. The summed E-state index contributed by atoms with van der Waals surface area (Å²) in [5, 5.41) is 6.42. The Bertz CT molecular complexity index is 1510. The van der Waals surface area contributed by atoms with Crippen LogP contribution in [0.2, 0.25) is 0 Å². The molecule has 168 valence electrons. The van der Waals surface area contributed by atoms with Gasteiger partial charge in [-0.1, -0.05) is 23.8 Å². The van der Waals surface area contributed by atoms with Gasteiger partial charge in [-0.3, -0.25) is 14.2 Å². The highest BCUT2D eigenvalue weighted by atomic mass is 16.1. The molecule has 0 aliphatic heterocycles. The van der Waals surface area contributed by atoms with Gasteiger partial charge in [-0.25, -0.2) is 9.97 Å². The molecule has 3 aromatic heterocycles. The number of hydrogen-bond acceptors (Lipinski definition) is 5. The molecule has 7 heteroatoms. The molecule has 0 saturated heterocycles. The van der Waals surface area contributed by atoms with E-state index in [9.17, 15) is 4.79 Å². The Hall–Kier alpha value is -4.52. The molecule has 0 bridgehead atoms. The molecule has 0 aliphatic rings. The zero-order valence-electron chi connectivity index (χ0n) is 19.2. The van der Waals surface area contributed by atoms with Crippen LogP contribution in [0.25, 0.3) is 16.9 Å². The highest BCUT2D eigenvalue weighted by Gasteiger charge is 2.14. The molecule has 0 fully saturated rings.